The van der Waals surface area contributed by atoms with Crippen LogP contribution in [-0.4, -0.2) is 16.7 Å². The van der Waals surface area contributed by atoms with E-state index in [0.29, 0.717) is 6.54 Å². The second-order valence-corrected chi connectivity index (χ2v) is 5.78. The van der Waals surface area contributed by atoms with Crippen molar-refractivity contribution in [2.24, 2.45) is 0 Å². The Labute approximate surface area is 119 Å². The molecule has 0 bridgehead atoms. The van der Waals surface area contributed by atoms with E-state index in [-0.39, 0.29) is 0 Å². The fourth-order valence-electron chi connectivity index (χ4n) is 2.01. The molecule has 2 rings (SSSR count). The van der Waals surface area contributed by atoms with Gasteiger partial charge in [-0.2, -0.15) is 0 Å². The third-order valence-electron chi connectivity index (χ3n) is 2.80. The van der Waals surface area contributed by atoms with Gasteiger partial charge in [0.2, 0.25) is 0 Å². The van der Waals surface area contributed by atoms with Crippen molar-refractivity contribution < 1.29 is 9.53 Å². The van der Waals surface area contributed by atoms with E-state index in [1.807, 2.05) is 58.0 Å². The van der Waals surface area contributed by atoms with Crippen molar-refractivity contribution in [2.45, 2.75) is 39.8 Å². The number of aryl methyl sites for hydroxylation is 1. The van der Waals surface area contributed by atoms with E-state index in [1.165, 1.54) is 0 Å². The average Bonchev–Trinajstić information content (AvgIpc) is 2.34. The Morgan fingerprint density at radius 1 is 1.30 bits per heavy atom. The first-order valence-electron chi connectivity index (χ1n) is 6.67. The number of fused-ring (bicyclic) bond motifs is 1. The van der Waals surface area contributed by atoms with E-state index < -0.39 is 11.7 Å². The van der Waals surface area contributed by atoms with E-state index in [4.69, 9.17) is 4.74 Å². The summed E-state index contributed by atoms with van der Waals surface area (Å²) in [4.78, 5) is 16.1. The summed E-state index contributed by atoms with van der Waals surface area (Å²) in [5.41, 5.74) is 1.30. The zero-order valence-corrected chi connectivity index (χ0v) is 12.4. The van der Waals surface area contributed by atoms with Gasteiger partial charge in [-0.3, -0.25) is 4.98 Å². The lowest BCUT2D eigenvalue weighted by molar-refractivity contribution is 0.0523. The number of rotatable bonds is 2. The molecular formula is C16H20N2O2. The first-order valence-corrected chi connectivity index (χ1v) is 6.67. The van der Waals surface area contributed by atoms with Gasteiger partial charge in [0.25, 0.3) is 0 Å². The zero-order valence-electron chi connectivity index (χ0n) is 12.4. The quantitative estimate of drug-likeness (QED) is 0.909. The van der Waals surface area contributed by atoms with Gasteiger partial charge in [-0.25, -0.2) is 4.79 Å². The molecule has 0 aliphatic rings. The van der Waals surface area contributed by atoms with Gasteiger partial charge in [0.05, 0.1) is 12.2 Å². The predicted octanol–water partition coefficient (Wildman–Crippen LogP) is 3.57. The molecule has 0 unspecified atom stereocenters. The third kappa shape index (κ3) is 3.70. The molecule has 0 atom stereocenters. The van der Waals surface area contributed by atoms with Gasteiger partial charge in [0.15, 0.2) is 0 Å². The van der Waals surface area contributed by atoms with E-state index in [0.717, 1.165) is 22.2 Å². The van der Waals surface area contributed by atoms with Crippen LogP contribution in [0.5, 0.6) is 0 Å². The fourth-order valence-corrected chi connectivity index (χ4v) is 2.01. The van der Waals surface area contributed by atoms with Gasteiger partial charge in [-0.05, 0) is 39.1 Å². The van der Waals surface area contributed by atoms with Crippen LogP contribution in [0.3, 0.4) is 0 Å². The van der Waals surface area contributed by atoms with Crippen molar-refractivity contribution in [2.75, 3.05) is 0 Å². The number of alkyl carbamates (subject to hydrolysis) is 1. The second kappa shape index (κ2) is 5.49. The maximum absolute atomic E-state index is 11.6. The summed E-state index contributed by atoms with van der Waals surface area (Å²) in [5.74, 6) is 0. The first kappa shape index (κ1) is 14.3. The number of carbonyl (C=O) groups excluding carboxylic acids is 1. The van der Waals surface area contributed by atoms with Crippen molar-refractivity contribution in [3.63, 3.8) is 0 Å². The highest BCUT2D eigenvalue weighted by atomic mass is 16.6. The smallest absolute Gasteiger partial charge is 0.407 e. The fraction of sp³-hybridized carbons (Fsp3) is 0.375. The number of nitrogens with one attached hydrogen (secondary N) is 1. The Bertz CT molecular complexity index is 630. The number of aromatic nitrogens is 1. The SMILES string of the molecule is Cc1nc(CNC(=O)OC(C)(C)C)cc2ccccc12. The molecule has 106 valence electrons. The number of carbonyl (C=O) groups is 1. The van der Waals surface area contributed by atoms with E-state index in [2.05, 4.69) is 10.3 Å². The number of hydrogen-bond donors (Lipinski definition) is 1. The maximum atomic E-state index is 11.6. The molecule has 0 radical (unpaired) electrons. The van der Waals surface area contributed by atoms with Crippen LogP contribution in [0.2, 0.25) is 0 Å². The second-order valence-electron chi connectivity index (χ2n) is 5.78. The summed E-state index contributed by atoms with van der Waals surface area (Å²) >= 11 is 0. The molecule has 1 heterocycles. The maximum Gasteiger partial charge on any atom is 0.407 e. The average molecular weight is 272 g/mol. The Hall–Kier alpha value is -2.10. The number of nitrogens with zero attached hydrogens (tertiary/aromatic N) is 1. The van der Waals surface area contributed by atoms with Crippen LogP contribution in [0.4, 0.5) is 4.79 Å². The Kier molecular flexibility index (Phi) is 3.93. The molecule has 4 nitrogen and oxygen atoms in total. The summed E-state index contributed by atoms with van der Waals surface area (Å²) in [6.07, 6.45) is -0.426. The summed E-state index contributed by atoms with van der Waals surface area (Å²) in [6, 6.07) is 10.1. The van der Waals surface area contributed by atoms with Crippen molar-refractivity contribution in [1.82, 2.24) is 10.3 Å². The molecule has 1 aromatic carbocycles. The van der Waals surface area contributed by atoms with Gasteiger partial charge in [0.1, 0.15) is 5.60 Å². The molecule has 4 heteroatoms. The van der Waals surface area contributed by atoms with E-state index in [1.54, 1.807) is 0 Å². The third-order valence-corrected chi connectivity index (χ3v) is 2.80. The number of amides is 1. The van der Waals surface area contributed by atoms with Crippen LogP contribution in [-0.2, 0) is 11.3 Å². The van der Waals surface area contributed by atoms with Gasteiger partial charge in [-0.15, -0.1) is 0 Å². The normalized spacial score (nSPS) is 11.4. The molecule has 20 heavy (non-hydrogen) atoms. The topological polar surface area (TPSA) is 51.2 Å². The van der Waals surface area contributed by atoms with Crippen LogP contribution in [0, 0.1) is 6.92 Å². The predicted molar refractivity (Wildman–Crippen MR) is 79.6 cm³/mol. The molecular weight excluding hydrogens is 252 g/mol. The van der Waals surface area contributed by atoms with E-state index in [9.17, 15) is 4.79 Å². The van der Waals surface area contributed by atoms with Crippen LogP contribution in [0.25, 0.3) is 10.8 Å². The Morgan fingerprint density at radius 3 is 2.70 bits per heavy atom. The molecule has 1 N–H and O–H groups in total. The standard InChI is InChI=1S/C16H20N2O2/c1-11-14-8-6-5-7-12(14)9-13(18-11)10-17-15(19)20-16(2,3)4/h5-9H,10H2,1-4H3,(H,17,19). The van der Waals surface area contributed by atoms with Gasteiger partial charge in [0, 0.05) is 11.1 Å². The van der Waals surface area contributed by atoms with Gasteiger partial charge in [-0.1, -0.05) is 24.3 Å². The summed E-state index contributed by atoms with van der Waals surface area (Å²) in [7, 11) is 0. The highest BCUT2D eigenvalue weighted by Crippen LogP contribution is 2.17. The Morgan fingerprint density at radius 2 is 2.00 bits per heavy atom. The van der Waals surface area contributed by atoms with Crippen LogP contribution in [0.1, 0.15) is 32.2 Å². The lowest BCUT2D eigenvalue weighted by Gasteiger charge is -2.19. The van der Waals surface area contributed by atoms with Crippen molar-refractivity contribution in [3.05, 3.63) is 41.7 Å². The van der Waals surface area contributed by atoms with Crippen LogP contribution >= 0.6 is 0 Å². The highest BCUT2D eigenvalue weighted by Gasteiger charge is 2.15. The monoisotopic (exact) mass is 272 g/mol. The largest absolute Gasteiger partial charge is 0.444 e. The highest BCUT2D eigenvalue weighted by molar-refractivity contribution is 5.84. The molecule has 0 saturated carbocycles. The Balaban J connectivity index is 2.09. The molecule has 2 aromatic rings. The first-order chi connectivity index (χ1) is 9.35. The van der Waals surface area contributed by atoms with E-state index >= 15 is 0 Å². The van der Waals surface area contributed by atoms with Crippen molar-refractivity contribution >= 4 is 16.9 Å². The van der Waals surface area contributed by atoms with Gasteiger partial charge < -0.3 is 10.1 Å². The molecule has 0 saturated heterocycles. The van der Waals surface area contributed by atoms with Crippen molar-refractivity contribution in [1.29, 1.82) is 0 Å². The molecule has 0 aliphatic carbocycles. The molecule has 0 spiro atoms. The van der Waals surface area contributed by atoms with Crippen molar-refractivity contribution in [3.8, 4) is 0 Å². The number of ether oxygens (including phenoxy) is 1. The summed E-state index contributed by atoms with van der Waals surface area (Å²) in [6.45, 7) is 7.85. The summed E-state index contributed by atoms with van der Waals surface area (Å²) < 4.78 is 5.20. The number of hydrogen-bond acceptors (Lipinski definition) is 3. The zero-order chi connectivity index (χ0) is 14.8. The molecule has 0 aliphatic heterocycles. The lowest BCUT2D eigenvalue weighted by atomic mass is 10.1. The molecule has 0 fully saturated rings. The minimum Gasteiger partial charge on any atom is -0.444 e. The minimum absolute atomic E-state index is 0.362. The summed E-state index contributed by atoms with van der Waals surface area (Å²) in [5, 5.41) is 4.98. The lowest BCUT2D eigenvalue weighted by Crippen LogP contribution is -2.32. The molecule has 1 aromatic heterocycles. The van der Waals surface area contributed by atoms with Crippen LogP contribution in [0.15, 0.2) is 30.3 Å². The van der Waals surface area contributed by atoms with Gasteiger partial charge >= 0.3 is 6.09 Å². The van der Waals surface area contributed by atoms with Crippen LogP contribution < -0.4 is 5.32 Å². The number of benzene rings is 1. The number of pyridine rings is 1. The molecule has 1 amide bonds. The minimum atomic E-state index is -0.489.